The lowest BCUT2D eigenvalue weighted by Crippen LogP contribution is -2.00. The second-order valence-electron chi connectivity index (χ2n) is 5.23. The molecule has 0 aromatic heterocycles. The highest BCUT2D eigenvalue weighted by Crippen LogP contribution is 2.10. The molecule has 0 bridgehead atoms. The van der Waals surface area contributed by atoms with Crippen molar-refractivity contribution in [1.82, 2.24) is 0 Å². The highest BCUT2D eigenvalue weighted by molar-refractivity contribution is 5.65. The molecule has 116 valence electrons. The molecule has 0 rings (SSSR count). The minimum absolute atomic E-state index is 0.162. The predicted molar refractivity (Wildman–Crippen MR) is 86.8 cm³/mol. The van der Waals surface area contributed by atoms with Gasteiger partial charge >= 0.3 is 5.97 Å². The van der Waals surface area contributed by atoms with Gasteiger partial charge in [0.2, 0.25) is 0 Å². The van der Waals surface area contributed by atoms with Crippen LogP contribution in [0.3, 0.4) is 0 Å². The molecule has 0 aromatic carbocycles. The minimum atomic E-state index is -0.162. The summed E-state index contributed by atoms with van der Waals surface area (Å²) in [5, 5.41) is 0. The zero-order valence-corrected chi connectivity index (χ0v) is 13.4. The van der Waals surface area contributed by atoms with Gasteiger partial charge in [-0.2, -0.15) is 0 Å². The van der Waals surface area contributed by atoms with Gasteiger partial charge in [-0.05, 0) is 32.6 Å². The molecule has 2 nitrogen and oxygen atoms in total. The summed E-state index contributed by atoms with van der Waals surface area (Å²) in [6.07, 6.45) is 21.3. The Balaban J connectivity index is 3.06. The normalized spacial score (nSPS) is 11.5. The van der Waals surface area contributed by atoms with Gasteiger partial charge in [-0.25, -0.2) is 0 Å². The van der Waals surface area contributed by atoms with Crippen molar-refractivity contribution in [1.29, 1.82) is 0 Å². The average molecular weight is 280 g/mol. The van der Waals surface area contributed by atoms with E-state index < -0.39 is 0 Å². The SMILES string of the molecule is C/C=C/C/C=C/CCCCCCCCCCOC(C)=O. The van der Waals surface area contributed by atoms with Gasteiger partial charge in [0.15, 0.2) is 0 Å². The van der Waals surface area contributed by atoms with Gasteiger partial charge in [-0.15, -0.1) is 0 Å². The first kappa shape index (κ1) is 18.9. The topological polar surface area (TPSA) is 26.3 Å². The lowest BCUT2D eigenvalue weighted by molar-refractivity contribution is -0.141. The molecule has 0 spiro atoms. The monoisotopic (exact) mass is 280 g/mol. The fourth-order valence-electron chi connectivity index (χ4n) is 2.07. The Morgan fingerprint density at radius 2 is 1.45 bits per heavy atom. The number of rotatable bonds is 13. The molecule has 0 fully saturated rings. The van der Waals surface area contributed by atoms with Crippen molar-refractivity contribution in [3.05, 3.63) is 24.3 Å². The van der Waals surface area contributed by atoms with Crippen LogP contribution >= 0.6 is 0 Å². The lowest BCUT2D eigenvalue weighted by Gasteiger charge is -2.02. The molecule has 0 heterocycles. The maximum absolute atomic E-state index is 10.5. The van der Waals surface area contributed by atoms with Crippen LogP contribution < -0.4 is 0 Å². The third kappa shape index (κ3) is 16.9. The quantitative estimate of drug-likeness (QED) is 0.250. The Bertz CT molecular complexity index is 267. The van der Waals surface area contributed by atoms with Crippen LogP contribution in [0, 0.1) is 0 Å². The molecule has 0 amide bonds. The van der Waals surface area contributed by atoms with Crippen LogP contribution in [0.5, 0.6) is 0 Å². The Labute approximate surface area is 125 Å². The standard InChI is InChI=1S/C18H32O2/c1-3-4-5-6-7-8-9-10-11-12-13-14-15-16-17-20-18(2)19/h3-4,6-7H,5,8-17H2,1-2H3/b4-3+,7-6+. The zero-order chi connectivity index (χ0) is 14.9. The van der Waals surface area contributed by atoms with Gasteiger partial charge in [-0.1, -0.05) is 62.8 Å². The Morgan fingerprint density at radius 1 is 0.850 bits per heavy atom. The number of hydrogen-bond donors (Lipinski definition) is 0. The second-order valence-corrected chi connectivity index (χ2v) is 5.23. The van der Waals surface area contributed by atoms with Crippen LogP contribution in [0.4, 0.5) is 0 Å². The van der Waals surface area contributed by atoms with Gasteiger partial charge in [0.05, 0.1) is 6.61 Å². The van der Waals surface area contributed by atoms with E-state index >= 15 is 0 Å². The van der Waals surface area contributed by atoms with E-state index in [0.29, 0.717) is 6.61 Å². The second kappa shape index (κ2) is 16.0. The van der Waals surface area contributed by atoms with Gasteiger partial charge in [0.25, 0.3) is 0 Å². The van der Waals surface area contributed by atoms with E-state index in [-0.39, 0.29) is 5.97 Å². The zero-order valence-electron chi connectivity index (χ0n) is 13.4. The van der Waals surface area contributed by atoms with Gasteiger partial charge in [-0.3, -0.25) is 4.79 Å². The van der Waals surface area contributed by atoms with Crippen molar-refractivity contribution in [2.45, 2.75) is 78.1 Å². The molecule has 0 aromatic rings. The summed E-state index contributed by atoms with van der Waals surface area (Å²) < 4.78 is 4.90. The molecule has 0 atom stereocenters. The van der Waals surface area contributed by atoms with Crippen LogP contribution in [0.2, 0.25) is 0 Å². The Kier molecular flexibility index (Phi) is 15.2. The number of allylic oxidation sites excluding steroid dienone is 4. The number of carbonyl (C=O) groups is 1. The highest BCUT2D eigenvalue weighted by atomic mass is 16.5. The molecule has 0 unspecified atom stereocenters. The Hall–Kier alpha value is -1.05. The number of hydrogen-bond acceptors (Lipinski definition) is 2. The van der Waals surface area contributed by atoms with E-state index in [1.807, 2.05) is 0 Å². The number of ether oxygens (including phenoxy) is 1. The summed E-state index contributed by atoms with van der Waals surface area (Å²) in [6, 6.07) is 0. The maximum Gasteiger partial charge on any atom is 0.302 e. The first-order valence-electron chi connectivity index (χ1n) is 8.17. The molecule has 0 aliphatic carbocycles. The van der Waals surface area contributed by atoms with Gasteiger partial charge in [0.1, 0.15) is 0 Å². The van der Waals surface area contributed by atoms with Crippen molar-refractivity contribution in [3.8, 4) is 0 Å². The van der Waals surface area contributed by atoms with Crippen LogP contribution in [-0.2, 0) is 9.53 Å². The van der Waals surface area contributed by atoms with Crippen molar-refractivity contribution in [2.75, 3.05) is 6.61 Å². The van der Waals surface area contributed by atoms with Crippen LogP contribution in [0.15, 0.2) is 24.3 Å². The summed E-state index contributed by atoms with van der Waals surface area (Å²) >= 11 is 0. The van der Waals surface area contributed by atoms with Crippen molar-refractivity contribution in [2.24, 2.45) is 0 Å². The van der Waals surface area contributed by atoms with Crippen LogP contribution in [0.25, 0.3) is 0 Å². The smallest absolute Gasteiger partial charge is 0.302 e. The van der Waals surface area contributed by atoms with Crippen LogP contribution in [0.1, 0.15) is 78.1 Å². The first-order chi connectivity index (χ1) is 9.77. The third-order valence-electron chi connectivity index (χ3n) is 3.24. The first-order valence-corrected chi connectivity index (χ1v) is 8.17. The molecular formula is C18H32O2. The summed E-state index contributed by atoms with van der Waals surface area (Å²) in [6.45, 7) is 4.12. The van der Waals surface area contributed by atoms with Crippen molar-refractivity contribution >= 4 is 5.97 Å². The molecular weight excluding hydrogens is 248 g/mol. The summed E-state index contributed by atoms with van der Waals surface area (Å²) in [4.78, 5) is 10.5. The summed E-state index contributed by atoms with van der Waals surface area (Å²) in [5.41, 5.74) is 0. The summed E-state index contributed by atoms with van der Waals surface area (Å²) in [7, 11) is 0. The molecule has 0 N–H and O–H groups in total. The fraction of sp³-hybridized carbons (Fsp3) is 0.722. The van der Waals surface area contributed by atoms with E-state index in [9.17, 15) is 4.79 Å². The predicted octanol–water partition coefficient (Wildman–Crippen LogP) is 5.58. The van der Waals surface area contributed by atoms with Crippen molar-refractivity contribution in [3.63, 3.8) is 0 Å². The van der Waals surface area contributed by atoms with Crippen molar-refractivity contribution < 1.29 is 9.53 Å². The molecule has 0 aliphatic heterocycles. The largest absolute Gasteiger partial charge is 0.466 e. The molecule has 0 saturated carbocycles. The molecule has 0 aliphatic rings. The van der Waals surface area contributed by atoms with E-state index in [0.717, 1.165) is 12.8 Å². The van der Waals surface area contributed by atoms with E-state index in [2.05, 4.69) is 31.2 Å². The van der Waals surface area contributed by atoms with Gasteiger partial charge in [0, 0.05) is 6.92 Å². The lowest BCUT2D eigenvalue weighted by atomic mass is 10.1. The number of esters is 1. The number of carbonyl (C=O) groups excluding carboxylic acids is 1. The van der Waals surface area contributed by atoms with Crippen LogP contribution in [-0.4, -0.2) is 12.6 Å². The van der Waals surface area contributed by atoms with Gasteiger partial charge < -0.3 is 4.74 Å². The Morgan fingerprint density at radius 3 is 2.05 bits per heavy atom. The maximum atomic E-state index is 10.5. The summed E-state index contributed by atoms with van der Waals surface area (Å²) in [5.74, 6) is -0.162. The minimum Gasteiger partial charge on any atom is -0.466 e. The average Bonchev–Trinajstić information content (AvgIpc) is 2.43. The molecule has 0 radical (unpaired) electrons. The van der Waals surface area contributed by atoms with E-state index in [1.54, 1.807) is 0 Å². The molecule has 2 heteroatoms. The van der Waals surface area contributed by atoms with E-state index in [1.165, 1.54) is 58.3 Å². The third-order valence-corrected chi connectivity index (χ3v) is 3.24. The van der Waals surface area contributed by atoms with E-state index in [4.69, 9.17) is 4.74 Å². The highest BCUT2D eigenvalue weighted by Gasteiger charge is 1.94. The number of unbranched alkanes of at least 4 members (excludes halogenated alkanes) is 8. The molecule has 0 saturated heterocycles. The molecule has 20 heavy (non-hydrogen) atoms. The fourth-order valence-corrected chi connectivity index (χ4v) is 2.07.